The average molecular weight is 263 g/mol. The van der Waals surface area contributed by atoms with Crippen LogP contribution in [0.25, 0.3) is 0 Å². The summed E-state index contributed by atoms with van der Waals surface area (Å²) in [4.78, 5) is 13.2. The van der Waals surface area contributed by atoms with Gasteiger partial charge in [0.2, 0.25) is 0 Å². The first-order chi connectivity index (χ1) is 8.95. The molecule has 1 aromatic carbocycles. The summed E-state index contributed by atoms with van der Waals surface area (Å²) < 4.78 is 0. The van der Waals surface area contributed by atoms with Crippen LogP contribution < -0.4 is 0 Å². The van der Waals surface area contributed by atoms with Gasteiger partial charge < -0.3 is 5.11 Å². The van der Waals surface area contributed by atoms with Crippen LogP contribution in [-0.4, -0.2) is 34.9 Å². The first-order valence-electron chi connectivity index (χ1n) is 6.98. The van der Waals surface area contributed by atoms with Crippen molar-refractivity contribution in [2.75, 3.05) is 6.54 Å². The van der Waals surface area contributed by atoms with Crippen LogP contribution in [0, 0.1) is 0 Å². The SMILES string of the molecule is CC(C)N(CCCc1cc(C=O)ccc1O)C(C)C. The predicted octanol–water partition coefficient (Wildman–Crippen LogP) is 3.26. The normalized spacial score (nSPS) is 11.5. The minimum atomic E-state index is 0.284. The Morgan fingerprint density at radius 3 is 2.37 bits per heavy atom. The highest BCUT2D eigenvalue weighted by Gasteiger charge is 2.13. The van der Waals surface area contributed by atoms with Crippen LogP contribution in [-0.2, 0) is 6.42 Å². The van der Waals surface area contributed by atoms with Gasteiger partial charge in [-0.2, -0.15) is 0 Å². The molecule has 1 rings (SSSR count). The van der Waals surface area contributed by atoms with E-state index >= 15 is 0 Å². The number of aromatic hydroxyl groups is 1. The maximum absolute atomic E-state index is 10.7. The lowest BCUT2D eigenvalue weighted by Gasteiger charge is -2.30. The molecule has 0 fully saturated rings. The number of carbonyl (C=O) groups is 1. The van der Waals surface area contributed by atoms with E-state index in [0.29, 0.717) is 17.6 Å². The van der Waals surface area contributed by atoms with E-state index in [0.717, 1.165) is 31.2 Å². The van der Waals surface area contributed by atoms with Gasteiger partial charge in [-0.15, -0.1) is 0 Å². The number of benzene rings is 1. The van der Waals surface area contributed by atoms with Crippen molar-refractivity contribution in [1.29, 1.82) is 0 Å². The fourth-order valence-electron chi connectivity index (χ4n) is 2.44. The second-order valence-electron chi connectivity index (χ2n) is 5.53. The number of nitrogens with zero attached hydrogens (tertiary/aromatic N) is 1. The number of hydrogen-bond donors (Lipinski definition) is 1. The van der Waals surface area contributed by atoms with Crippen molar-refractivity contribution in [1.82, 2.24) is 4.90 Å². The Balaban J connectivity index is 2.59. The molecular weight excluding hydrogens is 238 g/mol. The van der Waals surface area contributed by atoms with Crippen LogP contribution in [0.3, 0.4) is 0 Å². The third kappa shape index (κ3) is 4.67. The van der Waals surface area contributed by atoms with Crippen LogP contribution >= 0.6 is 0 Å². The first-order valence-corrected chi connectivity index (χ1v) is 6.98. The second-order valence-corrected chi connectivity index (χ2v) is 5.53. The molecule has 0 aliphatic carbocycles. The molecule has 0 radical (unpaired) electrons. The fourth-order valence-corrected chi connectivity index (χ4v) is 2.44. The number of hydrogen-bond acceptors (Lipinski definition) is 3. The van der Waals surface area contributed by atoms with Crippen molar-refractivity contribution in [2.24, 2.45) is 0 Å². The summed E-state index contributed by atoms with van der Waals surface area (Å²) in [7, 11) is 0. The highest BCUT2D eigenvalue weighted by molar-refractivity contribution is 5.75. The highest BCUT2D eigenvalue weighted by atomic mass is 16.3. The van der Waals surface area contributed by atoms with E-state index < -0.39 is 0 Å². The molecule has 0 saturated heterocycles. The lowest BCUT2D eigenvalue weighted by Crippen LogP contribution is -2.37. The Bertz CT molecular complexity index is 405. The van der Waals surface area contributed by atoms with Crippen molar-refractivity contribution in [2.45, 2.75) is 52.6 Å². The Labute approximate surface area is 116 Å². The summed E-state index contributed by atoms with van der Waals surface area (Å²) in [5, 5.41) is 9.78. The molecule has 0 heterocycles. The Morgan fingerprint density at radius 2 is 1.84 bits per heavy atom. The third-order valence-electron chi connectivity index (χ3n) is 3.43. The number of carbonyl (C=O) groups excluding carboxylic acids is 1. The molecule has 1 aromatic rings. The van der Waals surface area contributed by atoms with Gasteiger partial charge in [0.15, 0.2) is 0 Å². The summed E-state index contributed by atoms with van der Waals surface area (Å²) in [6, 6.07) is 6.06. The highest BCUT2D eigenvalue weighted by Crippen LogP contribution is 2.20. The largest absolute Gasteiger partial charge is 0.508 e. The third-order valence-corrected chi connectivity index (χ3v) is 3.43. The quantitative estimate of drug-likeness (QED) is 0.768. The smallest absolute Gasteiger partial charge is 0.150 e. The maximum atomic E-state index is 10.7. The molecule has 3 nitrogen and oxygen atoms in total. The zero-order valence-electron chi connectivity index (χ0n) is 12.4. The molecule has 0 bridgehead atoms. The molecule has 0 aromatic heterocycles. The number of aldehydes is 1. The molecule has 1 N–H and O–H groups in total. The van der Waals surface area contributed by atoms with Crippen molar-refractivity contribution in [3.05, 3.63) is 29.3 Å². The van der Waals surface area contributed by atoms with Gasteiger partial charge in [-0.3, -0.25) is 9.69 Å². The van der Waals surface area contributed by atoms with Crippen LogP contribution in [0.2, 0.25) is 0 Å². The molecule has 19 heavy (non-hydrogen) atoms. The van der Waals surface area contributed by atoms with Crippen LogP contribution in [0.1, 0.15) is 50.0 Å². The molecular formula is C16H25NO2. The van der Waals surface area contributed by atoms with Gasteiger partial charge in [0.05, 0.1) is 0 Å². The van der Waals surface area contributed by atoms with Gasteiger partial charge in [0.1, 0.15) is 12.0 Å². The van der Waals surface area contributed by atoms with Crippen molar-refractivity contribution in [3.63, 3.8) is 0 Å². The van der Waals surface area contributed by atoms with E-state index in [1.54, 1.807) is 18.2 Å². The second kappa shape index (κ2) is 7.29. The molecule has 0 saturated carbocycles. The van der Waals surface area contributed by atoms with Gasteiger partial charge in [0, 0.05) is 17.6 Å². The van der Waals surface area contributed by atoms with Crippen molar-refractivity contribution < 1.29 is 9.90 Å². The van der Waals surface area contributed by atoms with Gasteiger partial charge in [-0.25, -0.2) is 0 Å². The van der Waals surface area contributed by atoms with E-state index in [-0.39, 0.29) is 5.75 Å². The standard InChI is InChI=1S/C16H25NO2/c1-12(2)17(13(3)4)9-5-6-15-10-14(11-18)7-8-16(15)19/h7-8,10-13,19H,5-6,9H2,1-4H3. The van der Waals surface area contributed by atoms with Crippen molar-refractivity contribution >= 4 is 6.29 Å². The minimum absolute atomic E-state index is 0.284. The number of phenolic OH excluding ortho intramolecular Hbond substituents is 1. The monoisotopic (exact) mass is 263 g/mol. The Kier molecular flexibility index (Phi) is 6.03. The van der Waals surface area contributed by atoms with Crippen molar-refractivity contribution in [3.8, 4) is 5.75 Å². The van der Waals surface area contributed by atoms with E-state index in [1.165, 1.54) is 0 Å². The summed E-state index contributed by atoms with van der Waals surface area (Å²) in [5.41, 5.74) is 1.48. The predicted molar refractivity (Wildman–Crippen MR) is 78.8 cm³/mol. The molecule has 0 aliphatic heterocycles. The van der Waals surface area contributed by atoms with Gasteiger partial charge >= 0.3 is 0 Å². The Hall–Kier alpha value is -1.35. The number of rotatable bonds is 7. The lowest BCUT2D eigenvalue weighted by atomic mass is 10.0. The van der Waals surface area contributed by atoms with E-state index in [1.807, 2.05) is 0 Å². The molecule has 0 atom stereocenters. The van der Waals surface area contributed by atoms with Gasteiger partial charge in [-0.1, -0.05) is 0 Å². The van der Waals surface area contributed by atoms with Crippen LogP contribution in [0.5, 0.6) is 5.75 Å². The number of aryl methyl sites for hydroxylation is 1. The average Bonchev–Trinajstić information content (AvgIpc) is 2.35. The summed E-state index contributed by atoms with van der Waals surface area (Å²) in [6.45, 7) is 9.80. The topological polar surface area (TPSA) is 40.5 Å². The summed E-state index contributed by atoms with van der Waals surface area (Å²) in [6.07, 6.45) is 2.59. The zero-order valence-corrected chi connectivity index (χ0v) is 12.4. The minimum Gasteiger partial charge on any atom is -0.508 e. The van der Waals surface area contributed by atoms with Crippen LogP contribution in [0.15, 0.2) is 18.2 Å². The molecule has 0 amide bonds. The van der Waals surface area contributed by atoms with E-state index in [9.17, 15) is 9.90 Å². The van der Waals surface area contributed by atoms with Gasteiger partial charge in [-0.05, 0) is 70.8 Å². The van der Waals surface area contributed by atoms with E-state index in [4.69, 9.17) is 0 Å². The van der Waals surface area contributed by atoms with Gasteiger partial charge in [0.25, 0.3) is 0 Å². The molecule has 0 unspecified atom stereocenters. The first kappa shape index (κ1) is 15.7. The summed E-state index contributed by atoms with van der Waals surface area (Å²) in [5.74, 6) is 0.284. The lowest BCUT2D eigenvalue weighted by molar-refractivity contribution is 0.112. The molecule has 0 spiro atoms. The summed E-state index contributed by atoms with van der Waals surface area (Å²) >= 11 is 0. The number of phenols is 1. The molecule has 0 aliphatic rings. The zero-order chi connectivity index (χ0) is 14.4. The molecule has 106 valence electrons. The fraction of sp³-hybridized carbons (Fsp3) is 0.562. The Morgan fingerprint density at radius 1 is 1.21 bits per heavy atom. The maximum Gasteiger partial charge on any atom is 0.150 e. The van der Waals surface area contributed by atoms with E-state index in [2.05, 4.69) is 32.6 Å². The van der Waals surface area contributed by atoms with Crippen LogP contribution in [0.4, 0.5) is 0 Å². The molecule has 3 heteroatoms.